The maximum absolute atomic E-state index is 12.0. The zero-order valence-corrected chi connectivity index (χ0v) is 12.6. The van der Waals surface area contributed by atoms with Crippen molar-refractivity contribution in [3.05, 3.63) is 24.3 Å². The molecule has 0 bridgehead atoms. The van der Waals surface area contributed by atoms with Crippen molar-refractivity contribution in [3.8, 4) is 0 Å². The minimum Gasteiger partial charge on any atom is -0.378 e. The fourth-order valence-electron chi connectivity index (χ4n) is 2.54. The van der Waals surface area contributed by atoms with Gasteiger partial charge in [0.15, 0.2) is 0 Å². The topological polar surface area (TPSA) is 35.6 Å². The van der Waals surface area contributed by atoms with Crippen molar-refractivity contribution in [3.63, 3.8) is 0 Å². The lowest BCUT2D eigenvalue weighted by Gasteiger charge is -2.19. The number of amides is 1. The molecule has 0 unspecified atom stereocenters. The molecule has 1 aromatic carbocycles. The number of rotatable bonds is 4. The molecule has 1 heterocycles. The van der Waals surface area contributed by atoms with E-state index < -0.39 is 0 Å². The van der Waals surface area contributed by atoms with Gasteiger partial charge in [0.25, 0.3) is 0 Å². The Bertz CT molecular complexity index is 420. The Morgan fingerprint density at radius 2 is 1.70 bits per heavy atom. The summed E-state index contributed by atoms with van der Waals surface area (Å²) < 4.78 is 0. The summed E-state index contributed by atoms with van der Waals surface area (Å²) in [4.78, 5) is 16.4. The summed E-state index contributed by atoms with van der Waals surface area (Å²) in [6.45, 7) is 2.61. The molecule has 0 saturated carbocycles. The lowest BCUT2D eigenvalue weighted by molar-refractivity contribution is -0.117. The number of nitrogens with one attached hydrogen (secondary N) is 1. The molecular formula is C16H25N3O. The molecule has 0 radical (unpaired) electrons. The van der Waals surface area contributed by atoms with Gasteiger partial charge in [0.2, 0.25) is 5.91 Å². The summed E-state index contributed by atoms with van der Waals surface area (Å²) >= 11 is 0. The van der Waals surface area contributed by atoms with E-state index in [0.717, 1.165) is 24.5 Å². The van der Waals surface area contributed by atoms with Crippen LogP contribution in [0.5, 0.6) is 0 Å². The molecule has 1 N–H and O–H groups in total. The van der Waals surface area contributed by atoms with E-state index in [1.54, 1.807) is 0 Å². The lowest BCUT2D eigenvalue weighted by atomic mass is 10.2. The first-order valence-electron chi connectivity index (χ1n) is 7.45. The van der Waals surface area contributed by atoms with Crippen molar-refractivity contribution in [2.45, 2.75) is 25.7 Å². The molecule has 1 aliphatic heterocycles. The van der Waals surface area contributed by atoms with Gasteiger partial charge < -0.3 is 10.2 Å². The highest BCUT2D eigenvalue weighted by atomic mass is 16.2. The molecule has 4 heteroatoms. The summed E-state index contributed by atoms with van der Waals surface area (Å²) in [6.07, 6.45) is 5.02. The van der Waals surface area contributed by atoms with Crippen LogP contribution in [0.3, 0.4) is 0 Å². The molecule has 4 nitrogen and oxygen atoms in total. The van der Waals surface area contributed by atoms with Crippen molar-refractivity contribution >= 4 is 17.3 Å². The van der Waals surface area contributed by atoms with Crippen LogP contribution in [0.2, 0.25) is 0 Å². The number of nitrogens with zero attached hydrogens (tertiary/aromatic N) is 2. The summed E-state index contributed by atoms with van der Waals surface area (Å²) in [7, 11) is 4.01. The average Bonchev–Trinajstić information content (AvgIpc) is 2.68. The maximum Gasteiger partial charge on any atom is 0.238 e. The third kappa shape index (κ3) is 4.53. The Labute approximate surface area is 121 Å². The molecule has 0 spiro atoms. The summed E-state index contributed by atoms with van der Waals surface area (Å²) in [5.74, 6) is 0.0875. The third-order valence-electron chi connectivity index (χ3n) is 3.73. The molecule has 1 fully saturated rings. The summed E-state index contributed by atoms with van der Waals surface area (Å²) in [5.41, 5.74) is 2.01. The van der Waals surface area contributed by atoms with E-state index in [9.17, 15) is 4.79 Å². The van der Waals surface area contributed by atoms with Gasteiger partial charge in [0.05, 0.1) is 6.54 Å². The average molecular weight is 275 g/mol. The van der Waals surface area contributed by atoms with Gasteiger partial charge in [-0.1, -0.05) is 12.8 Å². The Morgan fingerprint density at radius 3 is 2.25 bits per heavy atom. The van der Waals surface area contributed by atoms with Gasteiger partial charge in [-0.05, 0) is 50.2 Å². The highest BCUT2D eigenvalue weighted by molar-refractivity contribution is 5.92. The Hall–Kier alpha value is -1.55. The van der Waals surface area contributed by atoms with Crippen LogP contribution >= 0.6 is 0 Å². The number of carbonyl (C=O) groups excluding carboxylic acids is 1. The van der Waals surface area contributed by atoms with E-state index in [-0.39, 0.29) is 5.91 Å². The van der Waals surface area contributed by atoms with Crippen molar-refractivity contribution in [1.29, 1.82) is 0 Å². The van der Waals surface area contributed by atoms with Crippen LogP contribution in [0.4, 0.5) is 11.4 Å². The van der Waals surface area contributed by atoms with Crippen LogP contribution in [0.25, 0.3) is 0 Å². The van der Waals surface area contributed by atoms with Crippen LogP contribution in [0.15, 0.2) is 24.3 Å². The summed E-state index contributed by atoms with van der Waals surface area (Å²) in [5, 5.41) is 2.98. The van der Waals surface area contributed by atoms with E-state index >= 15 is 0 Å². The first-order valence-corrected chi connectivity index (χ1v) is 7.45. The molecule has 1 saturated heterocycles. The van der Waals surface area contributed by atoms with E-state index in [4.69, 9.17) is 0 Å². The summed E-state index contributed by atoms with van der Waals surface area (Å²) in [6, 6.07) is 7.94. The zero-order valence-electron chi connectivity index (χ0n) is 12.6. The number of carbonyl (C=O) groups is 1. The predicted octanol–water partition coefficient (Wildman–Crippen LogP) is 2.57. The van der Waals surface area contributed by atoms with Gasteiger partial charge in [-0.3, -0.25) is 9.69 Å². The van der Waals surface area contributed by atoms with E-state index in [0.29, 0.717) is 6.54 Å². The molecule has 1 aliphatic rings. The van der Waals surface area contributed by atoms with Gasteiger partial charge >= 0.3 is 0 Å². The number of hydrogen-bond acceptors (Lipinski definition) is 3. The Balaban J connectivity index is 1.84. The predicted molar refractivity (Wildman–Crippen MR) is 84.3 cm³/mol. The molecule has 0 aromatic heterocycles. The molecule has 110 valence electrons. The lowest BCUT2D eigenvalue weighted by Crippen LogP contribution is -2.33. The third-order valence-corrected chi connectivity index (χ3v) is 3.73. The first-order chi connectivity index (χ1) is 9.65. The van der Waals surface area contributed by atoms with E-state index in [1.165, 1.54) is 25.7 Å². The van der Waals surface area contributed by atoms with Gasteiger partial charge in [0, 0.05) is 25.5 Å². The van der Waals surface area contributed by atoms with Crippen LogP contribution in [-0.4, -0.2) is 44.5 Å². The van der Waals surface area contributed by atoms with E-state index in [1.807, 2.05) is 43.3 Å². The Morgan fingerprint density at radius 1 is 1.10 bits per heavy atom. The van der Waals surface area contributed by atoms with Crippen LogP contribution in [-0.2, 0) is 4.79 Å². The fraction of sp³-hybridized carbons (Fsp3) is 0.562. The molecule has 1 amide bonds. The largest absolute Gasteiger partial charge is 0.378 e. The van der Waals surface area contributed by atoms with Gasteiger partial charge in [-0.25, -0.2) is 0 Å². The molecule has 0 atom stereocenters. The molecular weight excluding hydrogens is 250 g/mol. The van der Waals surface area contributed by atoms with Gasteiger partial charge in [0.1, 0.15) is 0 Å². The van der Waals surface area contributed by atoms with Crippen molar-refractivity contribution in [2.75, 3.05) is 43.9 Å². The first kappa shape index (κ1) is 14.9. The minimum absolute atomic E-state index is 0.0875. The normalized spacial score (nSPS) is 16.5. The second-order valence-corrected chi connectivity index (χ2v) is 5.68. The molecule has 1 aromatic rings. The minimum atomic E-state index is 0.0875. The van der Waals surface area contributed by atoms with Crippen molar-refractivity contribution in [1.82, 2.24) is 4.90 Å². The van der Waals surface area contributed by atoms with Crippen LogP contribution in [0, 0.1) is 0 Å². The number of anilines is 2. The van der Waals surface area contributed by atoms with Crippen molar-refractivity contribution < 1.29 is 4.79 Å². The maximum atomic E-state index is 12.0. The fourth-order valence-corrected chi connectivity index (χ4v) is 2.54. The van der Waals surface area contributed by atoms with Gasteiger partial charge in [-0.15, -0.1) is 0 Å². The smallest absolute Gasteiger partial charge is 0.238 e. The van der Waals surface area contributed by atoms with E-state index in [2.05, 4.69) is 10.2 Å². The monoisotopic (exact) mass is 275 g/mol. The van der Waals surface area contributed by atoms with Crippen LogP contribution in [0.1, 0.15) is 25.7 Å². The SMILES string of the molecule is CN(C)c1ccc(NC(=O)CN2CCCCCC2)cc1. The quantitative estimate of drug-likeness (QED) is 0.917. The molecule has 0 aliphatic carbocycles. The number of likely N-dealkylation sites (tertiary alicyclic amines) is 1. The molecule has 2 rings (SSSR count). The Kier molecular flexibility index (Phi) is 5.41. The highest BCUT2D eigenvalue weighted by Crippen LogP contribution is 2.16. The highest BCUT2D eigenvalue weighted by Gasteiger charge is 2.12. The van der Waals surface area contributed by atoms with Crippen molar-refractivity contribution in [2.24, 2.45) is 0 Å². The second-order valence-electron chi connectivity index (χ2n) is 5.68. The standard InChI is InChI=1S/C16H25N3O/c1-18(2)15-9-7-14(8-10-15)17-16(20)13-19-11-5-3-4-6-12-19/h7-10H,3-6,11-13H2,1-2H3,(H,17,20). The number of hydrogen-bond donors (Lipinski definition) is 1. The van der Waals surface area contributed by atoms with Crippen LogP contribution < -0.4 is 10.2 Å². The van der Waals surface area contributed by atoms with Gasteiger partial charge in [-0.2, -0.15) is 0 Å². The second kappa shape index (κ2) is 7.29. The number of benzene rings is 1. The molecule has 20 heavy (non-hydrogen) atoms. The zero-order chi connectivity index (χ0) is 14.4.